The zero-order chi connectivity index (χ0) is 22.9. The van der Waals surface area contributed by atoms with Gasteiger partial charge in [-0.25, -0.2) is 4.98 Å². The van der Waals surface area contributed by atoms with E-state index in [-0.39, 0.29) is 17.5 Å². The lowest BCUT2D eigenvalue weighted by Gasteiger charge is -2.45. The number of halogens is 1. The summed E-state index contributed by atoms with van der Waals surface area (Å²) in [6.45, 7) is 1.79. The molecule has 1 aliphatic rings. The van der Waals surface area contributed by atoms with Gasteiger partial charge in [-0.1, -0.05) is 60.7 Å². The van der Waals surface area contributed by atoms with Crippen LogP contribution in [-0.4, -0.2) is 46.2 Å². The monoisotopic (exact) mass is 429 g/mol. The van der Waals surface area contributed by atoms with Crippen LogP contribution in [-0.2, 0) is 16.0 Å². The van der Waals surface area contributed by atoms with Crippen molar-refractivity contribution < 1.29 is 14.0 Å². The van der Waals surface area contributed by atoms with Crippen molar-refractivity contribution in [3.05, 3.63) is 95.6 Å². The van der Waals surface area contributed by atoms with Crippen molar-refractivity contribution in [2.24, 2.45) is 0 Å². The van der Waals surface area contributed by atoms with Crippen LogP contribution in [0.15, 0.2) is 78.5 Å². The molecule has 5 nitrogen and oxygen atoms in total. The van der Waals surface area contributed by atoms with Gasteiger partial charge in [-0.2, -0.15) is 4.39 Å². The third-order valence-electron chi connectivity index (χ3n) is 6.03. The van der Waals surface area contributed by atoms with E-state index in [9.17, 15) is 14.0 Å². The van der Waals surface area contributed by atoms with Gasteiger partial charge in [0, 0.05) is 26.1 Å². The lowest BCUT2D eigenvalue weighted by molar-refractivity contribution is -0.155. The molecule has 0 N–H and O–H groups in total. The molecule has 162 valence electrons. The van der Waals surface area contributed by atoms with Crippen LogP contribution in [0.4, 0.5) is 4.39 Å². The topological polar surface area (TPSA) is 53.5 Å². The minimum Gasteiger partial charge on any atom is -0.326 e. The van der Waals surface area contributed by atoms with Crippen LogP contribution in [0.1, 0.15) is 18.1 Å². The first-order valence-electron chi connectivity index (χ1n) is 10.3. The molecule has 2 aromatic carbocycles. The summed E-state index contributed by atoms with van der Waals surface area (Å²) in [5.74, 6) is -1.01. The number of piperazine rings is 1. The summed E-state index contributed by atoms with van der Waals surface area (Å²) in [5.41, 5.74) is 2.03. The van der Waals surface area contributed by atoms with E-state index in [2.05, 4.69) is 4.98 Å². The smallest absolute Gasteiger partial charge is 0.271 e. The molecule has 0 saturated carbocycles. The van der Waals surface area contributed by atoms with Crippen molar-refractivity contribution in [2.45, 2.75) is 18.9 Å². The first-order valence-corrected chi connectivity index (χ1v) is 10.3. The average Bonchev–Trinajstić information content (AvgIpc) is 2.80. The van der Waals surface area contributed by atoms with Crippen molar-refractivity contribution >= 4 is 17.9 Å². The van der Waals surface area contributed by atoms with E-state index in [0.717, 1.165) is 5.56 Å². The Labute approximate surface area is 186 Å². The standard InChI is InChI=1S/C26H24FN3O2/c1-26(17-18-10-5-4-6-11-18)25(32)29(2)22(24(31)30(26)3)16-19-12-7-8-13-20(19)21-14-9-15-23(27)28-21/h4-16H,17H2,1-3H3. The number of amides is 2. The van der Waals surface area contributed by atoms with Crippen LogP contribution in [0, 0.1) is 5.95 Å². The van der Waals surface area contributed by atoms with Crippen LogP contribution >= 0.6 is 0 Å². The van der Waals surface area contributed by atoms with Crippen molar-refractivity contribution in [3.8, 4) is 11.3 Å². The third kappa shape index (κ3) is 3.80. The number of hydrogen-bond acceptors (Lipinski definition) is 3. The van der Waals surface area contributed by atoms with Crippen LogP contribution in [0.25, 0.3) is 17.3 Å². The number of benzene rings is 2. The second-order valence-corrected chi connectivity index (χ2v) is 8.13. The molecule has 32 heavy (non-hydrogen) atoms. The predicted molar refractivity (Wildman–Crippen MR) is 122 cm³/mol. The van der Waals surface area contributed by atoms with Crippen molar-refractivity contribution in [2.75, 3.05) is 14.1 Å². The van der Waals surface area contributed by atoms with E-state index in [1.54, 1.807) is 39.2 Å². The maximum Gasteiger partial charge on any atom is 0.271 e. The number of aromatic nitrogens is 1. The quantitative estimate of drug-likeness (QED) is 0.462. The highest BCUT2D eigenvalue weighted by molar-refractivity contribution is 6.09. The van der Waals surface area contributed by atoms with E-state index in [1.807, 2.05) is 54.6 Å². The second kappa shape index (κ2) is 8.38. The lowest BCUT2D eigenvalue weighted by Crippen LogP contribution is -2.64. The Balaban J connectivity index is 1.73. The molecule has 1 atom stereocenters. The summed E-state index contributed by atoms with van der Waals surface area (Å²) in [7, 11) is 3.27. The average molecular weight is 429 g/mol. The largest absolute Gasteiger partial charge is 0.326 e. The molecule has 1 aromatic heterocycles. The SMILES string of the molecule is CN1C(=O)C(C)(Cc2ccccc2)N(C)C(=O)C1=Cc1ccccc1-c1cccc(F)n1. The first-order chi connectivity index (χ1) is 15.3. The number of pyridine rings is 1. The fraction of sp³-hybridized carbons (Fsp3) is 0.192. The highest BCUT2D eigenvalue weighted by Crippen LogP contribution is 2.32. The van der Waals surface area contributed by atoms with E-state index in [4.69, 9.17) is 0 Å². The molecule has 1 saturated heterocycles. The number of nitrogens with zero attached hydrogens (tertiary/aromatic N) is 3. The normalized spacial score (nSPS) is 20.2. The van der Waals surface area contributed by atoms with Gasteiger partial charge in [0.1, 0.15) is 11.2 Å². The summed E-state index contributed by atoms with van der Waals surface area (Å²) in [5, 5.41) is 0. The van der Waals surface area contributed by atoms with Crippen LogP contribution < -0.4 is 0 Å². The zero-order valence-corrected chi connectivity index (χ0v) is 18.2. The highest BCUT2D eigenvalue weighted by Gasteiger charge is 2.48. The minimum atomic E-state index is -1.01. The molecule has 6 heteroatoms. The van der Waals surface area contributed by atoms with Crippen LogP contribution in [0.3, 0.4) is 0 Å². The van der Waals surface area contributed by atoms with Crippen molar-refractivity contribution in [3.63, 3.8) is 0 Å². The van der Waals surface area contributed by atoms with E-state index < -0.39 is 11.5 Å². The van der Waals surface area contributed by atoms with Crippen LogP contribution in [0.5, 0.6) is 0 Å². The Morgan fingerprint density at radius 3 is 2.34 bits per heavy atom. The summed E-state index contributed by atoms with van der Waals surface area (Å²) < 4.78 is 13.7. The van der Waals surface area contributed by atoms with E-state index in [0.29, 0.717) is 23.2 Å². The number of carbonyl (C=O) groups excluding carboxylic acids is 2. The van der Waals surface area contributed by atoms with Gasteiger partial charge in [0.15, 0.2) is 0 Å². The molecule has 1 aliphatic heterocycles. The van der Waals surface area contributed by atoms with Crippen molar-refractivity contribution in [1.29, 1.82) is 0 Å². The molecule has 0 radical (unpaired) electrons. The molecule has 2 amide bonds. The summed E-state index contributed by atoms with van der Waals surface area (Å²) in [4.78, 5) is 33.7. The van der Waals surface area contributed by atoms with Gasteiger partial charge in [0.2, 0.25) is 5.95 Å². The summed E-state index contributed by atoms with van der Waals surface area (Å²) >= 11 is 0. The number of hydrogen-bond donors (Lipinski definition) is 0. The fourth-order valence-electron chi connectivity index (χ4n) is 4.06. The Bertz CT molecular complexity index is 1210. The van der Waals surface area contributed by atoms with Gasteiger partial charge >= 0.3 is 0 Å². The molecule has 0 bridgehead atoms. The molecule has 0 aliphatic carbocycles. The van der Waals surface area contributed by atoms with Gasteiger partial charge in [0.05, 0.1) is 5.69 Å². The Hall–Kier alpha value is -3.80. The highest BCUT2D eigenvalue weighted by atomic mass is 19.1. The first kappa shape index (κ1) is 21.4. The molecular weight excluding hydrogens is 405 g/mol. The minimum absolute atomic E-state index is 0.170. The van der Waals surface area contributed by atoms with Gasteiger partial charge in [-0.3, -0.25) is 9.59 Å². The van der Waals surface area contributed by atoms with E-state index >= 15 is 0 Å². The zero-order valence-electron chi connectivity index (χ0n) is 18.2. The summed E-state index contributed by atoms with van der Waals surface area (Å²) in [6, 6.07) is 21.5. The Kier molecular flexibility index (Phi) is 5.61. The van der Waals surface area contributed by atoms with Gasteiger partial charge < -0.3 is 9.80 Å². The van der Waals surface area contributed by atoms with Crippen LogP contribution in [0.2, 0.25) is 0 Å². The lowest BCUT2D eigenvalue weighted by atomic mass is 9.87. The maximum absolute atomic E-state index is 13.7. The van der Waals surface area contributed by atoms with E-state index in [1.165, 1.54) is 15.9 Å². The fourth-order valence-corrected chi connectivity index (χ4v) is 4.06. The molecule has 3 aromatic rings. The Morgan fingerprint density at radius 2 is 1.62 bits per heavy atom. The second-order valence-electron chi connectivity index (χ2n) is 8.13. The number of rotatable bonds is 4. The Morgan fingerprint density at radius 1 is 0.938 bits per heavy atom. The predicted octanol–water partition coefficient (Wildman–Crippen LogP) is 4.16. The molecule has 1 fully saturated rings. The van der Waals surface area contributed by atoms with Gasteiger partial charge in [-0.15, -0.1) is 0 Å². The number of likely N-dealkylation sites (N-methyl/N-ethyl adjacent to an activating group) is 2. The molecule has 2 heterocycles. The van der Waals surface area contributed by atoms with Gasteiger partial charge in [-0.05, 0) is 36.3 Å². The van der Waals surface area contributed by atoms with Gasteiger partial charge in [0.25, 0.3) is 11.8 Å². The molecule has 0 spiro atoms. The molecule has 4 rings (SSSR count). The molecular formula is C26H24FN3O2. The molecule has 1 unspecified atom stereocenters. The summed E-state index contributed by atoms with van der Waals surface area (Å²) in [6.07, 6.45) is 2.08. The maximum atomic E-state index is 13.7. The number of carbonyl (C=O) groups is 2. The van der Waals surface area contributed by atoms with Crippen molar-refractivity contribution in [1.82, 2.24) is 14.8 Å². The third-order valence-corrected chi connectivity index (χ3v) is 6.03.